The van der Waals surface area contributed by atoms with E-state index in [2.05, 4.69) is 18.7 Å². The monoisotopic (exact) mass is 253 g/mol. The van der Waals surface area contributed by atoms with Gasteiger partial charge >= 0.3 is 0 Å². The predicted octanol–water partition coefficient (Wildman–Crippen LogP) is 0.881. The third-order valence-electron chi connectivity index (χ3n) is 4.28. The fourth-order valence-corrected chi connectivity index (χ4v) is 3.26. The maximum Gasteiger partial charge on any atom is 0.236 e. The van der Waals surface area contributed by atoms with Crippen molar-refractivity contribution >= 4 is 5.91 Å². The quantitative estimate of drug-likeness (QED) is 0.747. The molecule has 0 saturated carbocycles. The molecule has 2 heterocycles. The first-order chi connectivity index (χ1) is 8.42. The second-order valence-electron chi connectivity index (χ2n) is 6.66. The third kappa shape index (κ3) is 2.86. The summed E-state index contributed by atoms with van der Waals surface area (Å²) in [5.74, 6) is 0.285. The van der Waals surface area contributed by atoms with E-state index in [1.807, 2.05) is 23.9 Å². The Kier molecular flexibility index (Phi) is 3.97. The fourth-order valence-electron chi connectivity index (χ4n) is 3.26. The van der Waals surface area contributed by atoms with E-state index < -0.39 is 0 Å². The van der Waals surface area contributed by atoms with Crippen molar-refractivity contribution in [3.05, 3.63) is 0 Å². The average molecular weight is 253 g/mol. The molecular formula is C14H27N3O. The maximum atomic E-state index is 11.9. The summed E-state index contributed by atoms with van der Waals surface area (Å²) in [6.45, 7) is 9.44. The zero-order valence-electron chi connectivity index (χ0n) is 12.3. The number of hydrogen-bond acceptors (Lipinski definition) is 3. The summed E-state index contributed by atoms with van der Waals surface area (Å²) in [6, 6.07) is 0.633. The van der Waals surface area contributed by atoms with E-state index in [-0.39, 0.29) is 5.91 Å². The molecule has 2 saturated heterocycles. The number of nitrogens with zero attached hydrogens (tertiary/aromatic N) is 3. The summed E-state index contributed by atoms with van der Waals surface area (Å²) >= 11 is 0. The van der Waals surface area contributed by atoms with Gasteiger partial charge in [-0.15, -0.1) is 0 Å². The molecule has 0 atom stereocenters. The molecular weight excluding hydrogens is 226 g/mol. The van der Waals surface area contributed by atoms with E-state index in [0.717, 1.165) is 13.1 Å². The van der Waals surface area contributed by atoms with Crippen LogP contribution < -0.4 is 0 Å². The van der Waals surface area contributed by atoms with Crippen LogP contribution in [0.1, 0.15) is 26.7 Å². The van der Waals surface area contributed by atoms with Crippen LogP contribution in [-0.2, 0) is 4.79 Å². The van der Waals surface area contributed by atoms with Gasteiger partial charge in [0, 0.05) is 31.1 Å². The van der Waals surface area contributed by atoms with Crippen LogP contribution in [-0.4, -0.2) is 73.5 Å². The van der Waals surface area contributed by atoms with Crippen molar-refractivity contribution in [2.45, 2.75) is 32.7 Å². The van der Waals surface area contributed by atoms with Crippen LogP contribution in [0.25, 0.3) is 0 Å². The van der Waals surface area contributed by atoms with Crippen LogP contribution in [0.2, 0.25) is 0 Å². The summed E-state index contributed by atoms with van der Waals surface area (Å²) in [6.07, 6.45) is 2.58. The van der Waals surface area contributed by atoms with Crippen LogP contribution in [0.3, 0.4) is 0 Å². The maximum absolute atomic E-state index is 11.9. The molecule has 2 rings (SSSR count). The number of rotatable bonds is 3. The lowest BCUT2D eigenvalue weighted by Gasteiger charge is -2.55. The molecule has 4 heteroatoms. The number of piperidine rings is 1. The molecule has 18 heavy (non-hydrogen) atoms. The summed E-state index contributed by atoms with van der Waals surface area (Å²) in [4.78, 5) is 18.5. The molecule has 104 valence electrons. The Balaban J connectivity index is 1.85. The molecule has 2 aliphatic heterocycles. The second-order valence-corrected chi connectivity index (χ2v) is 6.66. The van der Waals surface area contributed by atoms with Crippen LogP contribution in [0, 0.1) is 5.41 Å². The van der Waals surface area contributed by atoms with Gasteiger partial charge in [0.1, 0.15) is 0 Å². The van der Waals surface area contributed by atoms with Gasteiger partial charge < -0.3 is 14.7 Å². The Hall–Kier alpha value is -0.610. The Morgan fingerprint density at radius 1 is 1.28 bits per heavy atom. The van der Waals surface area contributed by atoms with Crippen LogP contribution >= 0.6 is 0 Å². The molecule has 2 aliphatic rings. The highest BCUT2D eigenvalue weighted by Crippen LogP contribution is 2.39. The molecule has 2 fully saturated rings. The van der Waals surface area contributed by atoms with Gasteiger partial charge in [0.05, 0.1) is 6.54 Å². The van der Waals surface area contributed by atoms with E-state index >= 15 is 0 Å². The number of likely N-dealkylation sites (tertiary alicyclic amines) is 2. The van der Waals surface area contributed by atoms with Crippen molar-refractivity contribution in [2.24, 2.45) is 5.41 Å². The number of amides is 1. The van der Waals surface area contributed by atoms with Crippen molar-refractivity contribution in [1.82, 2.24) is 14.7 Å². The molecule has 0 radical (unpaired) electrons. The molecule has 0 aromatic rings. The Labute approximate surface area is 111 Å². The lowest BCUT2D eigenvalue weighted by atomic mass is 9.73. The molecule has 0 aromatic carbocycles. The molecule has 0 aromatic heterocycles. The molecule has 1 amide bonds. The Morgan fingerprint density at radius 3 is 2.50 bits per heavy atom. The predicted molar refractivity (Wildman–Crippen MR) is 73.5 cm³/mol. The minimum absolute atomic E-state index is 0.285. The SMILES string of the molecule is CC(C)N1CCCC2(CN(C(=O)CN(C)C)C2)C1. The van der Waals surface area contributed by atoms with Gasteiger partial charge in [0.15, 0.2) is 0 Å². The van der Waals surface area contributed by atoms with Crippen LogP contribution in [0.5, 0.6) is 0 Å². The number of hydrogen-bond donors (Lipinski definition) is 0. The largest absolute Gasteiger partial charge is 0.340 e. The molecule has 0 bridgehead atoms. The second kappa shape index (κ2) is 5.17. The van der Waals surface area contributed by atoms with E-state index in [9.17, 15) is 4.79 Å². The molecule has 0 aliphatic carbocycles. The number of carbonyl (C=O) groups excluding carboxylic acids is 1. The lowest BCUT2D eigenvalue weighted by Crippen LogP contribution is -2.65. The van der Waals surface area contributed by atoms with Gasteiger partial charge in [-0.25, -0.2) is 0 Å². The van der Waals surface area contributed by atoms with E-state index in [1.165, 1.54) is 25.9 Å². The molecule has 0 unspecified atom stereocenters. The van der Waals surface area contributed by atoms with Gasteiger partial charge in [0.2, 0.25) is 5.91 Å². The van der Waals surface area contributed by atoms with Gasteiger partial charge in [-0.05, 0) is 47.3 Å². The highest BCUT2D eigenvalue weighted by atomic mass is 16.2. The molecule has 1 spiro atoms. The number of likely N-dealkylation sites (N-methyl/N-ethyl adjacent to an activating group) is 1. The standard InChI is InChI=1S/C14H27N3O/c1-12(2)16-7-5-6-14(9-16)10-17(11-14)13(18)8-15(3)4/h12H,5-11H2,1-4H3. The topological polar surface area (TPSA) is 26.8 Å². The molecule has 0 N–H and O–H groups in total. The van der Waals surface area contributed by atoms with Crippen molar-refractivity contribution in [2.75, 3.05) is 46.8 Å². The minimum Gasteiger partial charge on any atom is -0.340 e. The third-order valence-corrected chi connectivity index (χ3v) is 4.28. The normalized spacial score (nSPS) is 23.8. The summed E-state index contributed by atoms with van der Waals surface area (Å²) < 4.78 is 0. The van der Waals surface area contributed by atoms with Crippen LogP contribution in [0.4, 0.5) is 0 Å². The fraction of sp³-hybridized carbons (Fsp3) is 0.929. The van der Waals surface area contributed by atoms with Gasteiger partial charge in [-0.2, -0.15) is 0 Å². The van der Waals surface area contributed by atoms with E-state index in [1.54, 1.807) is 0 Å². The summed E-state index contributed by atoms with van der Waals surface area (Å²) in [5.41, 5.74) is 0.407. The average Bonchev–Trinajstić information content (AvgIpc) is 2.24. The zero-order valence-corrected chi connectivity index (χ0v) is 12.3. The first-order valence-electron chi connectivity index (χ1n) is 7.08. The summed E-state index contributed by atoms with van der Waals surface area (Å²) in [7, 11) is 3.91. The minimum atomic E-state index is 0.285. The number of carbonyl (C=O) groups is 1. The van der Waals surface area contributed by atoms with Crippen molar-refractivity contribution < 1.29 is 4.79 Å². The summed E-state index contributed by atoms with van der Waals surface area (Å²) in [5, 5.41) is 0. The van der Waals surface area contributed by atoms with Crippen LogP contribution in [0.15, 0.2) is 0 Å². The Bertz CT molecular complexity index is 308. The van der Waals surface area contributed by atoms with Crippen molar-refractivity contribution in [3.8, 4) is 0 Å². The first kappa shape index (κ1) is 13.8. The van der Waals surface area contributed by atoms with Crippen molar-refractivity contribution in [3.63, 3.8) is 0 Å². The first-order valence-corrected chi connectivity index (χ1v) is 7.08. The smallest absolute Gasteiger partial charge is 0.236 e. The van der Waals surface area contributed by atoms with Gasteiger partial charge in [0.25, 0.3) is 0 Å². The van der Waals surface area contributed by atoms with Crippen molar-refractivity contribution in [1.29, 1.82) is 0 Å². The highest BCUT2D eigenvalue weighted by Gasteiger charge is 2.47. The van der Waals surface area contributed by atoms with E-state index in [4.69, 9.17) is 0 Å². The van der Waals surface area contributed by atoms with E-state index in [0.29, 0.717) is 18.0 Å². The zero-order chi connectivity index (χ0) is 13.3. The van der Waals surface area contributed by atoms with Gasteiger partial charge in [-0.1, -0.05) is 0 Å². The lowest BCUT2D eigenvalue weighted by molar-refractivity contribution is -0.148. The molecule has 4 nitrogen and oxygen atoms in total. The highest BCUT2D eigenvalue weighted by molar-refractivity contribution is 5.79. The van der Waals surface area contributed by atoms with Gasteiger partial charge in [-0.3, -0.25) is 4.79 Å². The Morgan fingerprint density at radius 2 is 1.94 bits per heavy atom.